The van der Waals surface area contributed by atoms with E-state index in [0.29, 0.717) is 5.92 Å². The van der Waals surface area contributed by atoms with Gasteiger partial charge in [-0.25, -0.2) is 0 Å². The third-order valence-corrected chi connectivity index (χ3v) is 3.36. The zero-order chi connectivity index (χ0) is 12.1. The zero-order valence-corrected chi connectivity index (χ0v) is 11.7. The van der Waals surface area contributed by atoms with Crippen LogP contribution in [0.4, 0.5) is 0 Å². The topological polar surface area (TPSA) is 32.3 Å². The second-order valence-electron chi connectivity index (χ2n) is 4.47. The average molecular weight is 286 g/mol. The van der Waals surface area contributed by atoms with Gasteiger partial charge in [-0.05, 0) is 30.5 Å². The maximum Gasteiger partial charge on any atom is 0.0587 e. The highest BCUT2D eigenvalue weighted by Gasteiger charge is 2.15. The number of benzene rings is 1. The van der Waals surface area contributed by atoms with Crippen molar-refractivity contribution >= 4 is 15.9 Å². The van der Waals surface area contributed by atoms with E-state index in [0.717, 1.165) is 4.47 Å². The fourth-order valence-corrected chi connectivity index (χ4v) is 1.89. The van der Waals surface area contributed by atoms with Crippen molar-refractivity contribution in [3.63, 3.8) is 0 Å². The second kappa shape index (κ2) is 6.38. The number of hydrogen-bond acceptors (Lipinski definition) is 2. The first-order valence-corrected chi connectivity index (χ1v) is 6.46. The summed E-state index contributed by atoms with van der Waals surface area (Å²) >= 11 is 3.42. The maximum absolute atomic E-state index is 9.27. The Morgan fingerprint density at radius 3 is 2.19 bits per heavy atom. The second-order valence-corrected chi connectivity index (χ2v) is 5.39. The summed E-state index contributed by atoms with van der Waals surface area (Å²) in [5.41, 5.74) is 1.24. The SMILES string of the molecule is CC(N[C@H](CO)C(C)C)c1ccc(Br)cc1. The van der Waals surface area contributed by atoms with Crippen LogP contribution in [0.1, 0.15) is 32.4 Å². The van der Waals surface area contributed by atoms with Gasteiger partial charge in [0.1, 0.15) is 0 Å². The molecule has 3 heteroatoms. The van der Waals surface area contributed by atoms with Crippen LogP contribution >= 0.6 is 15.9 Å². The Bertz CT molecular complexity index is 310. The van der Waals surface area contributed by atoms with E-state index < -0.39 is 0 Å². The third-order valence-electron chi connectivity index (χ3n) is 2.84. The lowest BCUT2D eigenvalue weighted by molar-refractivity contribution is 0.201. The van der Waals surface area contributed by atoms with Crippen molar-refractivity contribution in [1.82, 2.24) is 5.32 Å². The quantitative estimate of drug-likeness (QED) is 0.871. The molecule has 0 aromatic heterocycles. The minimum Gasteiger partial charge on any atom is -0.395 e. The summed E-state index contributed by atoms with van der Waals surface area (Å²) in [5.74, 6) is 0.433. The molecule has 1 aromatic carbocycles. The van der Waals surface area contributed by atoms with Gasteiger partial charge >= 0.3 is 0 Å². The van der Waals surface area contributed by atoms with E-state index in [2.05, 4.69) is 54.2 Å². The molecular weight excluding hydrogens is 266 g/mol. The highest BCUT2D eigenvalue weighted by atomic mass is 79.9. The molecule has 16 heavy (non-hydrogen) atoms. The molecule has 2 atom stereocenters. The molecule has 0 saturated heterocycles. The van der Waals surface area contributed by atoms with Crippen molar-refractivity contribution in [2.75, 3.05) is 6.61 Å². The van der Waals surface area contributed by atoms with E-state index >= 15 is 0 Å². The van der Waals surface area contributed by atoms with Gasteiger partial charge in [0.2, 0.25) is 0 Å². The Morgan fingerprint density at radius 2 is 1.75 bits per heavy atom. The van der Waals surface area contributed by atoms with E-state index in [-0.39, 0.29) is 18.7 Å². The van der Waals surface area contributed by atoms with Crippen LogP contribution in [-0.4, -0.2) is 17.8 Å². The summed E-state index contributed by atoms with van der Waals surface area (Å²) in [6.07, 6.45) is 0. The van der Waals surface area contributed by atoms with Crippen LogP contribution in [0.2, 0.25) is 0 Å². The molecule has 0 aliphatic heterocycles. The van der Waals surface area contributed by atoms with E-state index in [1.807, 2.05) is 12.1 Å². The summed E-state index contributed by atoms with van der Waals surface area (Å²) in [6.45, 7) is 6.52. The molecule has 2 nitrogen and oxygen atoms in total. The van der Waals surface area contributed by atoms with Crippen LogP contribution in [0.3, 0.4) is 0 Å². The molecule has 0 aliphatic rings. The predicted molar refractivity (Wildman–Crippen MR) is 71.4 cm³/mol. The van der Waals surface area contributed by atoms with Crippen LogP contribution in [0, 0.1) is 5.92 Å². The Balaban J connectivity index is 2.64. The van der Waals surface area contributed by atoms with Crippen LogP contribution in [0.25, 0.3) is 0 Å². The minimum atomic E-state index is 0.152. The summed E-state index contributed by atoms with van der Waals surface area (Å²) in [5, 5.41) is 12.7. The number of hydrogen-bond donors (Lipinski definition) is 2. The number of rotatable bonds is 5. The van der Waals surface area contributed by atoms with Crippen LogP contribution in [0.15, 0.2) is 28.7 Å². The average Bonchev–Trinajstić information content (AvgIpc) is 2.26. The van der Waals surface area contributed by atoms with Crippen molar-refractivity contribution in [1.29, 1.82) is 0 Å². The first-order chi connectivity index (χ1) is 7.54. The van der Waals surface area contributed by atoms with Crippen molar-refractivity contribution in [3.05, 3.63) is 34.3 Å². The van der Waals surface area contributed by atoms with Crippen molar-refractivity contribution in [2.24, 2.45) is 5.92 Å². The normalized spacial score (nSPS) is 15.1. The lowest BCUT2D eigenvalue weighted by Crippen LogP contribution is -2.38. The summed E-state index contributed by atoms with van der Waals surface area (Å²) in [4.78, 5) is 0. The molecule has 1 rings (SSSR count). The zero-order valence-electron chi connectivity index (χ0n) is 10.1. The monoisotopic (exact) mass is 285 g/mol. The fraction of sp³-hybridized carbons (Fsp3) is 0.538. The van der Waals surface area contributed by atoms with Gasteiger partial charge in [-0.3, -0.25) is 0 Å². The number of aliphatic hydroxyl groups excluding tert-OH is 1. The largest absolute Gasteiger partial charge is 0.395 e. The molecule has 0 radical (unpaired) electrons. The van der Waals surface area contributed by atoms with Gasteiger partial charge < -0.3 is 10.4 Å². The molecule has 0 saturated carbocycles. The van der Waals surface area contributed by atoms with E-state index in [1.165, 1.54) is 5.56 Å². The maximum atomic E-state index is 9.27. The lowest BCUT2D eigenvalue weighted by Gasteiger charge is -2.25. The minimum absolute atomic E-state index is 0.152. The first kappa shape index (κ1) is 13.7. The molecule has 0 amide bonds. The van der Waals surface area contributed by atoms with Crippen molar-refractivity contribution < 1.29 is 5.11 Å². The first-order valence-electron chi connectivity index (χ1n) is 5.67. The standard InChI is InChI=1S/C13H20BrNO/c1-9(2)13(8-16)15-10(3)11-4-6-12(14)7-5-11/h4-7,9-10,13,15-16H,8H2,1-3H3/t10?,13-/m1/s1. The molecule has 1 unspecified atom stereocenters. The smallest absolute Gasteiger partial charge is 0.0587 e. The molecule has 0 heterocycles. The summed E-state index contributed by atoms with van der Waals surface area (Å²) < 4.78 is 1.09. The summed E-state index contributed by atoms with van der Waals surface area (Å²) in [7, 11) is 0. The van der Waals surface area contributed by atoms with Gasteiger partial charge in [0.15, 0.2) is 0 Å². The van der Waals surface area contributed by atoms with E-state index in [9.17, 15) is 5.11 Å². The number of halogens is 1. The molecule has 90 valence electrons. The Hall–Kier alpha value is -0.380. The predicted octanol–water partition coefficient (Wildman–Crippen LogP) is 3.12. The van der Waals surface area contributed by atoms with Gasteiger partial charge in [0, 0.05) is 16.6 Å². The van der Waals surface area contributed by atoms with Crippen LogP contribution in [-0.2, 0) is 0 Å². The molecule has 2 N–H and O–H groups in total. The van der Waals surface area contributed by atoms with Gasteiger partial charge in [-0.15, -0.1) is 0 Å². The molecular formula is C13H20BrNO. The highest BCUT2D eigenvalue weighted by molar-refractivity contribution is 9.10. The van der Waals surface area contributed by atoms with E-state index in [4.69, 9.17) is 0 Å². The molecule has 0 aliphatic carbocycles. The van der Waals surface area contributed by atoms with E-state index in [1.54, 1.807) is 0 Å². The number of nitrogens with one attached hydrogen (secondary N) is 1. The van der Waals surface area contributed by atoms with Gasteiger partial charge in [-0.1, -0.05) is 41.9 Å². The van der Waals surface area contributed by atoms with Crippen molar-refractivity contribution in [3.8, 4) is 0 Å². The highest BCUT2D eigenvalue weighted by Crippen LogP contribution is 2.18. The number of aliphatic hydroxyl groups is 1. The molecule has 0 fully saturated rings. The van der Waals surface area contributed by atoms with Gasteiger partial charge in [-0.2, -0.15) is 0 Å². The Labute approximate surface area is 106 Å². The molecule has 0 bridgehead atoms. The van der Waals surface area contributed by atoms with Crippen molar-refractivity contribution in [2.45, 2.75) is 32.9 Å². The molecule has 1 aromatic rings. The van der Waals surface area contributed by atoms with Crippen LogP contribution in [0.5, 0.6) is 0 Å². The fourth-order valence-electron chi connectivity index (χ4n) is 1.62. The van der Waals surface area contributed by atoms with Crippen LogP contribution < -0.4 is 5.32 Å². The Kier molecular flexibility index (Phi) is 5.46. The third kappa shape index (κ3) is 3.89. The molecule has 0 spiro atoms. The van der Waals surface area contributed by atoms with Gasteiger partial charge in [0.25, 0.3) is 0 Å². The lowest BCUT2D eigenvalue weighted by atomic mass is 10.0. The Morgan fingerprint density at radius 1 is 1.19 bits per heavy atom. The van der Waals surface area contributed by atoms with Gasteiger partial charge in [0.05, 0.1) is 6.61 Å². The summed E-state index contributed by atoms with van der Waals surface area (Å²) in [6, 6.07) is 8.67.